The molecule has 20 heavy (non-hydrogen) atoms. The lowest BCUT2D eigenvalue weighted by atomic mass is 10.1. The molecule has 0 bridgehead atoms. The largest absolute Gasteiger partial charge is 0.375 e. The number of ether oxygens (including phenoxy) is 1. The number of non-ortho nitro benzene ring substituents is 1. The molecule has 0 spiro atoms. The van der Waals surface area contributed by atoms with Crippen LogP contribution in [0.15, 0.2) is 18.2 Å². The summed E-state index contributed by atoms with van der Waals surface area (Å²) >= 11 is 6.18. The van der Waals surface area contributed by atoms with Crippen LogP contribution in [0.2, 0.25) is 5.02 Å². The van der Waals surface area contributed by atoms with Crippen LogP contribution < -0.4 is 0 Å². The van der Waals surface area contributed by atoms with Gasteiger partial charge in [0.05, 0.1) is 17.6 Å². The molecule has 1 aliphatic carbocycles. The number of hydrogen-bond acceptors (Lipinski definition) is 4. The third-order valence-electron chi connectivity index (χ3n) is 4.21. The lowest BCUT2D eigenvalue weighted by Crippen LogP contribution is -2.47. The van der Waals surface area contributed by atoms with E-state index in [1.807, 2.05) is 0 Å². The molecule has 2 fully saturated rings. The maximum atomic E-state index is 10.9. The Morgan fingerprint density at radius 2 is 2.30 bits per heavy atom. The molecule has 1 aromatic carbocycles. The van der Waals surface area contributed by atoms with Crippen molar-refractivity contribution in [2.24, 2.45) is 0 Å². The molecule has 1 heterocycles. The molecule has 1 aromatic rings. The fraction of sp³-hybridized carbons (Fsp3) is 0.571. The molecule has 1 saturated carbocycles. The van der Waals surface area contributed by atoms with Gasteiger partial charge in [-0.25, -0.2) is 0 Å². The van der Waals surface area contributed by atoms with Crippen LogP contribution >= 0.6 is 11.6 Å². The molecule has 0 aromatic heterocycles. The maximum absolute atomic E-state index is 10.9. The van der Waals surface area contributed by atoms with Gasteiger partial charge in [0.15, 0.2) is 0 Å². The third-order valence-corrected chi connectivity index (χ3v) is 4.58. The van der Waals surface area contributed by atoms with Crippen molar-refractivity contribution in [3.05, 3.63) is 38.9 Å². The van der Waals surface area contributed by atoms with E-state index >= 15 is 0 Å². The SMILES string of the molecule is O=[N+]([O-])c1ccc(Cl)c(CN2CCOC3CCCC32)c1. The molecular weight excluding hydrogens is 280 g/mol. The first-order chi connectivity index (χ1) is 9.65. The van der Waals surface area contributed by atoms with Gasteiger partial charge in [-0.2, -0.15) is 0 Å². The van der Waals surface area contributed by atoms with Gasteiger partial charge in [0, 0.05) is 36.3 Å². The number of nitro benzene ring substituents is 1. The van der Waals surface area contributed by atoms with Crippen LogP contribution in [-0.2, 0) is 11.3 Å². The van der Waals surface area contributed by atoms with Crippen LogP contribution in [0.1, 0.15) is 24.8 Å². The Bertz CT molecular complexity index is 523. The van der Waals surface area contributed by atoms with Crippen LogP contribution in [0.25, 0.3) is 0 Å². The van der Waals surface area contributed by atoms with E-state index in [0.29, 0.717) is 23.7 Å². The van der Waals surface area contributed by atoms with E-state index in [4.69, 9.17) is 16.3 Å². The van der Waals surface area contributed by atoms with Gasteiger partial charge in [-0.1, -0.05) is 11.6 Å². The summed E-state index contributed by atoms with van der Waals surface area (Å²) in [6.07, 6.45) is 3.76. The van der Waals surface area contributed by atoms with E-state index in [9.17, 15) is 10.1 Å². The van der Waals surface area contributed by atoms with Gasteiger partial charge in [-0.15, -0.1) is 0 Å². The minimum absolute atomic E-state index is 0.0978. The predicted molar refractivity (Wildman–Crippen MR) is 75.9 cm³/mol. The second kappa shape index (κ2) is 5.68. The molecule has 2 unspecified atom stereocenters. The fourth-order valence-corrected chi connectivity index (χ4v) is 3.39. The highest BCUT2D eigenvalue weighted by atomic mass is 35.5. The van der Waals surface area contributed by atoms with E-state index in [-0.39, 0.29) is 10.6 Å². The van der Waals surface area contributed by atoms with Crippen LogP contribution in [0.3, 0.4) is 0 Å². The molecular formula is C14H17ClN2O3. The molecule has 2 atom stereocenters. The minimum Gasteiger partial charge on any atom is -0.375 e. The molecule has 1 saturated heterocycles. The molecule has 108 valence electrons. The van der Waals surface area contributed by atoms with Crippen LogP contribution in [0, 0.1) is 10.1 Å². The zero-order valence-electron chi connectivity index (χ0n) is 11.1. The highest BCUT2D eigenvalue weighted by molar-refractivity contribution is 6.31. The van der Waals surface area contributed by atoms with Gasteiger partial charge in [0.25, 0.3) is 5.69 Å². The minimum atomic E-state index is -0.377. The van der Waals surface area contributed by atoms with Gasteiger partial charge in [0.2, 0.25) is 0 Å². The maximum Gasteiger partial charge on any atom is 0.269 e. The van der Waals surface area contributed by atoms with Crippen molar-refractivity contribution in [2.45, 2.75) is 38.0 Å². The van der Waals surface area contributed by atoms with Crippen molar-refractivity contribution < 1.29 is 9.66 Å². The summed E-state index contributed by atoms with van der Waals surface area (Å²) < 4.78 is 5.78. The summed E-state index contributed by atoms with van der Waals surface area (Å²) in [5.41, 5.74) is 0.925. The Hall–Kier alpha value is -1.17. The average Bonchev–Trinajstić information content (AvgIpc) is 2.90. The van der Waals surface area contributed by atoms with Crippen molar-refractivity contribution in [3.63, 3.8) is 0 Å². The topological polar surface area (TPSA) is 55.6 Å². The number of morpholine rings is 1. The number of fused-ring (bicyclic) bond motifs is 1. The third kappa shape index (κ3) is 2.66. The fourth-order valence-electron chi connectivity index (χ4n) is 3.22. The van der Waals surface area contributed by atoms with Crippen LogP contribution in [-0.4, -0.2) is 35.1 Å². The van der Waals surface area contributed by atoms with Crippen molar-refractivity contribution >= 4 is 17.3 Å². The Kier molecular flexibility index (Phi) is 3.92. The molecule has 0 radical (unpaired) electrons. The van der Waals surface area contributed by atoms with Gasteiger partial charge < -0.3 is 4.74 Å². The van der Waals surface area contributed by atoms with Gasteiger partial charge in [-0.05, 0) is 30.9 Å². The molecule has 0 N–H and O–H groups in total. The number of nitro groups is 1. The first kappa shape index (κ1) is 13.8. The standard InChI is InChI=1S/C14H17ClN2O3/c15-12-5-4-11(17(18)19)8-10(12)9-16-6-7-20-14-3-1-2-13(14)16/h4-5,8,13-14H,1-3,6-7,9H2. The molecule has 1 aliphatic heterocycles. The lowest BCUT2D eigenvalue weighted by Gasteiger charge is -2.37. The van der Waals surface area contributed by atoms with E-state index in [0.717, 1.165) is 31.6 Å². The predicted octanol–water partition coefficient (Wildman–Crippen LogP) is 3.00. The van der Waals surface area contributed by atoms with Crippen molar-refractivity contribution in [1.29, 1.82) is 0 Å². The zero-order valence-corrected chi connectivity index (χ0v) is 11.9. The summed E-state index contributed by atoms with van der Waals surface area (Å²) in [5.74, 6) is 0. The zero-order chi connectivity index (χ0) is 14.1. The molecule has 3 rings (SSSR count). The van der Waals surface area contributed by atoms with Gasteiger partial charge in [0.1, 0.15) is 0 Å². The first-order valence-corrected chi connectivity index (χ1v) is 7.31. The smallest absolute Gasteiger partial charge is 0.269 e. The van der Waals surface area contributed by atoms with Crippen molar-refractivity contribution in [3.8, 4) is 0 Å². The van der Waals surface area contributed by atoms with E-state index in [1.165, 1.54) is 12.5 Å². The van der Waals surface area contributed by atoms with Gasteiger partial charge in [-0.3, -0.25) is 15.0 Å². The monoisotopic (exact) mass is 296 g/mol. The Morgan fingerprint density at radius 3 is 3.10 bits per heavy atom. The Morgan fingerprint density at radius 1 is 1.45 bits per heavy atom. The summed E-state index contributed by atoms with van der Waals surface area (Å²) in [6, 6.07) is 5.08. The lowest BCUT2D eigenvalue weighted by molar-refractivity contribution is -0.384. The second-order valence-electron chi connectivity index (χ2n) is 5.41. The molecule has 5 nitrogen and oxygen atoms in total. The summed E-state index contributed by atoms with van der Waals surface area (Å²) in [7, 11) is 0. The molecule has 2 aliphatic rings. The normalized spacial score (nSPS) is 26.4. The highest BCUT2D eigenvalue weighted by Crippen LogP contribution is 2.32. The Labute approximate surface area is 122 Å². The number of rotatable bonds is 3. The number of hydrogen-bond donors (Lipinski definition) is 0. The summed E-state index contributed by atoms with van der Waals surface area (Å²) in [4.78, 5) is 12.8. The van der Waals surface area contributed by atoms with Gasteiger partial charge >= 0.3 is 0 Å². The van der Waals surface area contributed by atoms with E-state index in [1.54, 1.807) is 12.1 Å². The quantitative estimate of drug-likeness (QED) is 0.635. The first-order valence-electron chi connectivity index (χ1n) is 6.93. The van der Waals surface area contributed by atoms with E-state index in [2.05, 4.69) is 4.90 Å². The number of halogens is 1. The number of nitrogens with zero attached hydrogens (tertiary/aromatic N) is 2. The molecule has 0 amide bonds. The summed E-state index contributed by atoms with van der Waals surface area (Å²) in [6.45, 7) is 2.25. The average molecular weight is 297 g/mol. The molecule has 6 heteroatoms. The Balaban J connectivity index is 1.79. The number of benzene rings is 1. The van der Waals surface area contributed by atoms with E-state index < -0.39 is 0 Å². The highest BCUT2D eigenvalue weighted by Gasteiger charge is 2.36. The second-order valence-corrected chi connectivity index (χ2v) is 5.82. The van der Waals surface area contributed by atoms with Crippen LogP contribution in [0.5, 0.6) is 0 Å². The van der Waals surface area contributed by atoms with Crippen molar-refractivity contribution in [2.75, 3.05) is 13.2 Å². The van der Waals surface area contributed by atoms with Crippen LogP contribution in [0.4, 0.5) is 5.69 Å². The summed E-state index contributed by atoms with van der Waals surface area (Å²) in [5, 5.41) is 11.5. The van der Waals surface area contributed by atoms with Crippen molar-refractivity contribution in [1.82, 2.24) is 4.90 Å².